The summed E-state index contributed by atoms with van der Waals surface area (Å²) in [5, 5.41) is 0. The lowest BCUT2D eigenvalue weighted by Crippen LogP contribution is -2.37. The van der Waals surface area contributed by atoms with Crippen LogP contribution in [0.1, 0.15) is 39.6 Å². The largest absolute Gasteiger partial charge is 0.493 e. The van der Waals surface area contributed by atoms with Crippen LogP contribution in [0.3, 0.4) is 0 Å². The minimum absolute atomic E-state index is 0.0192. The molecule has 0 atom stereocenters. The van der Waals surface area contributed by atoms with Gasteiger partial charge in [-0.3, -0.25) is 9.59 Å². The molecule has 0 radical (unpaired) electrons. The number of rotatable bonds is 5. The number of carbonyl (C=O) groups excluding carboxylic acids is 2. The van der Waals surface area contributed by atoms with E-state index in [0.29, 0.717) is 55.4 Å². The Labute approximate surface area is 172 Å². The average Bonchev–Trinajstić information content (AvgIpc) is 2.99. The van der Waals surface area contributed by atoms with E-state index in [2.05, 4.69) is 0 Å². The van der Waals surface area contributed by atoms with Crippen LogP contribution in [-0.2, 0) is 0 Å². The van der Waals surface area contributed by atoms with Crippen molar-refractivity contribution in [1.82, 2.24) is 9.80 Å². The van der Waals surface area contributed by atoms with Crippen molar-refractivity contribution in [2.45, 2.75) is 20.3 Å². The number of benzene rings is 2. The molecule has 3 rings (SSSR count). The molecular formula is C23H28N2O4. The monoisotopic (exact) mass is 396 g/mol. The van der Waals surface area contributed by atoms with E-state index in [0.717, 1.165) is 12.0 Å². The van der Waals surface area contributed by atoms with E-state index >= 15 is 0 Å². The zero-order valence-corrected chi connectivity index (χ0v) is 17.3. The molecule has 2 aromatic rings. The molecule has 0 unspecified atom stereocenters. The number of hydrogen-bond acceptors (Lipinski definition) is 4. The molecule has 1 aliphatic heterocycles. The van der Waals surface area contributed by atoms with E-state index in [1.807, 2.05) is 43.0 Å². The quantitative estimate of drug-likeness (QED) is 0.777. The number of aryl methyl sites for hydroxylation is 1. The van der Waals surface area contributed by atoms with E-state index in [4.69, 9.17) is 9.47 Å². The molecule has 0 aliphatic carbocycles. The number of carbonyl (C=O) groups is 2. The van der Waals surface area contributed by atoms with Gasteiger partial charge in [0, 0.05) is 37.3 Å². The maximum Gasteiger partial charge on any atom is 0.254 e. The highest BCUT2D eigenvalue weighted by Gasteiger charge is 2.24. The standard InChI is InChI=1S/C23H28N2O4/c1-4-29-20-10-9-19(16-21(20)28-3)23(27)25-12-6-11-24(13-14-25)22(26)18-8-5-7-17(2)15-18/h5,7-10,15-16H,4,6,11-14H2,1-3H3. The summed E-state index contributed by atoms with van der Waals surface area (Å²) in [5.74, 6) is 1.13. The van der Waals surface area contributed by atoms with Gasteiger partial charge in [-0.05, 0) is 50.6 Å². The van der Waals surface area contributed by atoms with Crippen molar-refractivity contribution in [3.05, 3.63) is 59.2 Å². The van der Waals surface area contributed by atoms with E-state index in [1.54, 1.807) is 30.2 Å². The Kier molecular flexibility index (Phi) is 6.75. The van der Waals surface area contributed by atoms with Crippen LogP contribution in [0.25, 0.3) is 0 Å². The topological polar surface area (TPSA) is 59.1 Å². The first-order valence-corrected chi connectivity index (χ1v) is 9.99. The molecule has 0 N–H and O–H groups in total. The molecule has 2 aromatic carbocycles. The van der Waals surface area contributed by atoms with Crippen LogP contribution in [0.2, 0.25) is 0 Å². The van der Waals surface area contributed by atoms with Gasteiger partial charge in [-0.15, -0.1) is 0 Å². The van der Waals surface area contributed by atoms with Gasteiger partial charge < -0.3 is 19.3 Å². The highest BCUT2D eigenvalue weighted by Crippen LogP contribution is 2.28. The van der Waals surface area contributed by atoms with E-state index in [9.17, 15) is 9.59 Å². The van der Waals surface area contributed by atoms with Crippen molar-refractivity contribution in [3.8, 4) is 11.5 Å². The van der Waals surface area contributed by atoms with Crippen molar-refractivity contribution < 1.29 is 19.1 Å². The first kappa shape index (κ1) is 20.7. The molecule has 6 nitrogen and oxygen atoms in total. The van der Waals surface area contributed by atoms with Gasteiger partial charge in [-0.2, -0.15) is 0 Å². The summed E-state index contributed by atoms with van der Waals surface area (Å²) >= 11 is 0. The summed E-state index contributed by atoms with van der Waals surface area (Å²) < 4.78 is 10.9. The SMILES string of the molecule is CCOc1ccc(C(=O)N2CCCN(C(=O)c3cccc(C)c3)CC2)cc1OC. The Morgan fingerprint density at radius 3 is 2.14 bits per heavy atom. The molecule has 0 spiro atoms. The van der Waals surface area contributed by atoms with Crippen LogP contribution >= 0.6 is 0 Å². The van der Waals surface area contributed by atoms with Gasteiger partial charge >= 0.3 is 0 Å². The molecule has 1 heterocycles. The van der Waals surface area contributed by atoms with Crippen molar-refractivity contribution >= 4 is 11.8 Å². The predicted molar refractivity (Wildman–Crippen MR) is 112 cm³/mol. The van der Waals surface area contributed by atoms with Gasteiger partial charge in [0.15, 0.2) is 11.5 Å². The third kappa shape index (κ3) is 4.88. The number of amides is 2. The molecule has 0 saturated carbocycles. The Balaban J connectivity index is 1.69. The Morgan fingerprint density at radius 2 is 1.55 bits per heavy atom. The zero-order chi connectivity index (χ0) is 20.8. The summed E-state index contributed by atoms with van der Waals surface area (Å²) in [6.45, 7) is 6.69. The fraction of sp³-hybridized carbons (Fsp3) is 0.391. The summed E-state index contributed by atoms with van der Waals surface area (Å²) in [5.41, 5.74) is 2.32. The number of ether oxygens (including phenoxy) is 2. The second-order valence-corrected chi connectivity index (χ2v) is 7.11. The van der Waals surface area contributed by atoms with E-state index in [1.165, 1.54) is 0 Å². The van der Waals surface area contributed by atoms with Crippen molar-refractivity contribution in [2.75, 3.05) is 39.9 Å². The molecule has 29 heavy (non-hydrogen) atoms. The predicted octanol–water partition coefficient (Wildman–Crippen LogP) is 3.39. The van der Waals surface area contributed by atoms with Crippen LogP contribution < -0.4 is 9.47 Å². The smallest absolute Gasteiger partial charge is 0.254 e. The molecule has 2 amide bonds. The number of nitrogens with zero attached hydrogens (tertiary/aromatic N) is 2. The lowest BCUT2D eigenvalue weighted by molar-refractivity contribution is 0.0718. The number of hydrogen-bond donors (Lipinski definition) is 0. The van der Waals surface area contributed by atoms with Gasteiger partial charge in [0.05, 0.1) is 13.7 Å². The second kappa shape index (κ2) is 9.45. The van der Waals surface area contributed by atoms with Crippen LogP contribution in [-0.4, -0.2) is 61.5 Å². The third-order valence-corrected chi connectivity index (χ3v) is 5.05. The minimum atomic E-state index is -0.0591. The molecule has 6 heteroatoms. The Bertz CT molecular complexity index is 881. The van der Waals surface area contributed by atoms with Crippen LogP contribution in [0.5, 0.6) is 11.5 Å². The van der Waals surface area contributed by atoms with Crippen molar-refractivity contribution in [3.63, 3.8) is 0 Å². The third-order valence-electron chi connectivity index (χ3n) is 5.05. The normalized spacial score (nSPS) is 14.3. The maximum atomic E-state index is 13.0. The number of methoxy groups -OCH3 is 1. The summed E-state index contributed by atoms with van der Waals surface area (Å²) in [6, 6.07) is 12.9. The zero-order valence-electron chi connectivity index (χ0n) is 17.3. The first-order chi connectivity index (χ1) is 14.0. The Hall–Kier alpha value is -3.02. The lowest BCUT2D eigenvalue weighted by atomic mass is 10.1. The second-order valence-electron chi connectivity index (χ2n) is 7.11. The lowest BCUT2D eigenvalue weighted by Gasteiger charge is -2.23. The van der Waals surface area contributed by atoms with Crippen molar-refractivity contribution in [2.24, 2.45) is 0 Å². The molecule has 1 aliphatic rings. The average molecular weight is 396 g/mol. The van der Waals surface area contributed by atoms with Gasteiger partial charge in [0.25, 0.3) is 11.8 Å². The van der Waals surface area contributed by atoms with E-state index in [-0.39, 0.29) is 11.8 Å². The molecule has 1 saturated heterocycles. The minimum Gasteiger partial charge on any atom is -0.493 e. The summed E-state index contributed by atoms with van der Waals surface area (Å²) in [6.07, 6.45) is 0.747. The fourth-order valence-electron chi connectivity index (χ4n) is 3.54. The first-order valence-electron chi connectivity index (χ1n) is 9.99. The highest BCUT2D eigenvalue weighted by molar-refractivity contribution is 5.96. The Morgan fingerprint density at radius 1 is 0.897 bits per heavy atom. The molecule has 1 fully saturated rings. The highest BCUT2D eigenvalue weighted by atomic mass is 16.5. The van der Waals surface area contributed by atoms with Crippen LogP contribution in [0, 0.1) is 6.92 Å². The van der Waals surface area contributed by atoms with Crippen molar-refractivity contribution in [1.29, 1.82) is 0 Å². The van der Waals surface area contributed by atoms with Gasteiger partial charge in [-0.25, -0.2) is 0 Å². The van der Waals surface area contributed by atoms with Gasteiger partial charge in [0.2, 0.25) is 0 Å². The molecule has 154 valence electrons. The van der Waals surface area contributed by atoms with Crippen LogP contribution in [0.4, 0.5) is 0 Å². The fourth-order valence-corrected chi connectivity index (χ4v) is 3.54. The molecular weight excluding hydrogens is 368 g/mol. The maximum absolute atomic E-state index is 13.0. The van der Waals surface area contributed by atoms with Gasteiger partial charge in [0.1, 0.15) is 0 Å². The molecule has 0 aromatic heterocycles. The van der Waals surface area contributed by atoms with Crippen LogP contribution in [0.15, 0.2) is 42.5 Å². The molecule has 0 bridgehead atoms. The van der Waals surface area contributed by atoms with Gasteiger partial charge in [-0.1, -0.05) is 17.7 Å². The van der Waals surface area contributed by atoms with E-state index < -0.39 is 0 Å². The summed E-state index contributed by atoms with van der Waals surface area (Å²) in [4.78, 5) is 29.5. The summed E-state index contributed by atoms with van der Waals surface area (Å²) in [7, 11) is 1.56.